The molecule has 0 saturated heterocycles. The molecule has 2 heterocycles. The Labute approximate surface area is 165 Å². The molecule has 3 aromatic rings. The summed E-state index contributed by atoms with van der Waals surface area (Å²) in [5, 5.41) is 17.0. The molecular weight excluding hydrogens is 380 g/mol. The minimum atomic E-state index is -2.55. The van der Waals surface area contributed by atoms with Crippen molar-refractivity contribution < 1.29 is 18.3 Å². The number of amides is 1. The number of hydrogen-bond acceptors (Lipinski definition) is 5. The van der Waals surface area contributed by atoms with E-state index in [1.165, 1.54) is 0 Å². The monoisotopic (exact) mass is 399 g/mol. The summed E-state index contributed by atoms with van der Waals surface area (Å²) in [4.78, 5) is 17.0. The van der Waals surface area contributed by atoms with Crippen molar-refractivity contribution in [3.8, 4) is 17.2 Å². The molecular formula is C20H19F2N5O2. The average Bonchev–Trinajstić information content (AvgIpc) is 3.04. The van der Waals surface area contributed by atoms with Crippen LogP contribution in [0.4, 0.5) is 8.78 Å². The third-order valence-corrected chi connectivity index (χ3v) is 4.49. The number of aromatic nitrogens is 3. The Balaban J connectivity index is 1.97. The first-order valence-corrected chi connectivity index (χ1v) is 8.89. The van der Waals surface area contributed by atoms with E-state index in [0.717, 1.165) is 22.2 Å². The van der Waals surface area contributed by atoms with E-state index in [-0.39, 0.29) is 18.8 Å². The predicted molar refractivity (Wildman–Crippen MR) is 103 cm³/mol. The predicted octanol–water partition coefficient (Wildman–Crippen LogP) is 2.83. The zero-order valence-corrected chi connectivity index (χ0v) is 15.9. The van der Waals surface area contributed by atoms with Crippen molar-refractivity contribution >= 4 is 16.8 Å². The van der Waals surface area contributed by atoms with Crippen molar-refractivity contribution in [1.82, 2.24) is 20.1 Å². The summed E-state index contributed by atoms with van der Waals surface area (Å²) >= 11 is 0. The number of carbonyl (C=O) groups excluding carboxylic acids is 1. The molecule has 0 atom stereocenters. The summed E-state index contributed by atoms with van der Waals surface area (Å²) in [6.07, 6.45) is -0.856. The van der Waals surface area contributed by atoms with Crippen LogP contribution >= 0.6 is 0 Å². The molecule has 9 heteroatoms. The second-order valence-corrected chi connectivity index (χ2v) is 6.36. The van der Waals surface area contributed by atoms with E-state index in [2.05, 4.69) is 21.5 Å². The number of carbonyl (C=O) groups is 1. The molecule has 0 fully saturated rings. The highest BCUT2D eigenvalue weighted by atomic mass is 19.3. The first kappa shape index (κ1) is 20.4. The fraction of sp³-hybridized carbons (Fsp3) is 0.300. The van der Waals surface area contributed by atoms with Gasteiger partial charge in [0, 0.05) is 30.2 Å². The Morgan fingerprint density at radius 2 is 2.17 bits per heavy atom. The number of nitrogens with zero attached hydrogens (tertiary/aromatic N) is 4. The first-order valence-electron chi connectivity index (χ1n) is 8.89. The van der Waals surface area contributed by atoms with Crippen LogP contribution in [0.2, 0.25) is 0 Å². The lowest BCUT2D eigenvalue weighted by Gasteiger charge is -2.11. The van der Waals surface area contributed by atoms with Crippen molar-refractivity contribution in [2.24, 2.45) is 7.05 Å². The molecule has 0 unspecified atom stereocenters. The van der Waals surface area contributed by atoms with Crippen molar-refractivity contribution in [2.75, 3.05) is 19.8 Å². The standard InChI is InChI=1S/C20H19F2N5O2/c1-12-16(10-25-27(12)2)15-8-17(20(28)24-6-7-29-11-18(21)22)26-19-13(9-23)4-3-5-14(15)19/h3-5,8,10,18H,6-7,11H2,1-2H3,(H,24,28). The smallest absolute Gasteiger partial charge is 0.270 e. The van der Waals surface area contributed by atoms with Crippen molar-refractivity contribution in [3.05, 3.63) is 47.4 Å². The molecule has 2 aromatic heterocycles. The molecule has 29 heavy (non-hydrogen) atoms. The summed E-state index contributed by atoms with van der Waals surface area (Å²) in [7, 11) is 1.82. The minimum Gasteiger partial charge on any atom is -0.374 e. The van der Waals surface area contributed by atoms with E-state index < -0.39 is 18.9 Å². The second-order valence-electron chi connectivity index (χ2n) is 6.36. The molecule has 1 aromatic carbocycles. The van der Waals surface area contributed by atoms with Gasteiger partial charge in [-0.1, -0.05) is 12.1 Å². The van der Waals surface area contributed by atoms with E-state index in [0.29, 0.717) is 11.1 Å². The zero-order chi connectivity index (χ0) is 21.0. The molecule has 0 aliphatic rings. The van der Waals surface area contributed by atoms with E-state index in [9.17, 15) is 18.8 Å². The number of alkyl halides is 2. The maximum atomic E-state index is 12.6. The van der Waals surface area contributed by atoms with Crippen LogP contribution in [0, 0.1) is 18.3 Å². The largest absolute Gasteiger partial charge is 0.374 e. The molecule has 0 radical (unpaired) electrons. The normalized spacial score (nSPS) is 11.0. The number of nitriles is 1. The number of ether oxygens (including phenoxy) is 1. The molecule has 150 valence electrons. The van der Waals surface area contributed by atoms with Crippen molar-refractivity contribution in [1.29, 1.82) is 5.26 Å². The van der Waals surface area contributed by atoms with Gasteiger partial charge in [0.2, 0.25) is 0 Å². The fourth-order valence-electron chi connectivity index (χ4n) is 2.94. The summed E-state index contributed by atoms with van der Waals surface area (Å²) in [5.74, 6) is -0.483. The third kappa shape index (κ3) is 4.38. The molecule has 0 spiro atoms. The van der Waals surface area contributed by atoms with Crippen LogP contribution in [-0.2, 0) is 11.8 Å². The Bertz CT molecular complexity index is 1090. The molecule has 3 rings (SSSR count). The van der Waals surface area contributed by atoms with Gasteiger partial charge < -0.3 is 10.1 Å². The number of fused-ring (bicyclic) bond motifs is 1. The van der Waals surface area contributed by atoms with Gasteiger partial charge in [-0.2, -0.15) is 10.4 Å². The minimum absolute atomic E-state index is 0.0400. The van der Waals surface area contributed by atoms with Crippen LogP contribution in [0.5, 0.6) is 0 Å². The van der Waals surface area contributed by atoms with Crippen LogP contribution in [0.3, 0.4) is 0 Å². The quantitative estimate of drug-likeness (QED) is 0.617. The van der Waals surface area contributed by atoms with Crippen LogP contribution in [-0.4, -0.2) is 46.9 Å². The molecule has 7 nitrogen and oxygen atoms in total. The number of aryl methyl sites for hydroxylation is 1. The maximum absolute atomic E-state index is 12.6. The van der Waals surface area contributed by atoms with Crippen LogP contribution in [0.25, 0.3) is 22.0 Å². The van der Waals surface area contributed by atoms with Gasteiger partial charge in [0.05, 0.1) is 23.9 Å². The van der Waals surface area contributed by atoms with Crippen LogP contribution in [0.1, 0.15) is 21.7 Å². The number of benzene rings is 1. The Kier molecular flexibility index (Phi) is 6.14. The summed E-state index contributed by atoms with van der Waals surface area (Å²) in [6, 6.07) is 8.97. The van der Waals surface area contributed by atoms with Gasteiger partial charge in [-0.15, -0.1) is 0 Å². The van der Waals surface area contributed by atoms with Gasteiger partial charge >= 0.3 is 0 Å². The lowest BCUT2D eigenvalue weighted by atomic mass is 9.98. The third-order valence-electron chi connectivity index (χ3n) is 4.49. The summed E-state index contributed by atoms with van der Waals surface area (Å²) in [5.41, 5.74) is 3.33. The molecule has 1 N–H and O–H groups in total. The number of rotatable bonds is 7. The summed E-state index contributed by atoms with van der Waals surface area (Å²) in [6.45, 7) is 1.25. The zero-order valence-electron chi connectivity index (χ0n) is 15.9. The fourth-order valence-corrected chi connectivity index (χ4v) is 2.94. The Morgan fingerprint density at radius 3 is 2.83 bits per heavy atom. The number of halogens is 2. The highest BCUT2D eigenvalue weighted by Gasteiger charge is 2.17. The van der Waals surface area contributed by atoms with Gasteiger partial charge in [-0.3, -0.25) is 9.48 Å². The van der Waals surface area contributed by atoms with E-state index in [1.54, 1.807) is 29.1 Å². The highest BCUT2D eigenvalue weighted by molar-refractivity contribution is 6.03. The van der Waals surface area contributed by atoms with Crippen LogP contribution in [0.15, 0.2) is 30.5 Å². The number of para-hydroxylation sites is 1. The van der Waals surface area contributed by atoms with Gasteiger partial charge in [-0.25, -0.2) is 13.8 Å². The van der Waals surface area contributed by atoms with E-state index in [4.69, 9.17) is 4.74 Å². The average molecular weight is 399 g/mol. The molecule has 0 aliphatic carbocycles. The molecule has 0 bridgehead atoms. The SMILES string of the molecule is Cc1c(-c2cc(C(=O)NCCOCC(F)F)nc3c(C#N)cccc23)cnn1C. The van der Waals surface area contributed by atoms with E-state index >= 15 is 0 Å². The molecule has 0 saturated carbocycles. The number of pyridine rings is 1. The van der Waals surface area contributed by atoms with Crippen molar-refractivity contribution in [2.45, 2.75) is 13.3 Å². The number of nitrogens with one attached hydrogen (secondary N) is 1. The first-order chi connectivity index (χ1) is 13.9. The van der Waals surface area contributed by atoms with E-state index in [1.807, 2.05) is 20.0 Å². The Hall–Kier alpha value is -3.38. The maximum Gasteiger partial charge on any atom is 0.270 e. The highest BCUT2D eigenvalue weighted by Crippen LogP contribution is 2.32. The van der Waals surface area contributed by atoms with Gasteiger partial charge in [0.15, 0.2) is 0 Å². The van der Waals surface area contributed by atoms with Crippen LogP contribution < -0.4 is 5.32 Å². The lowest BCUT2D eigenvalue weighted by molar-refractivity contribution is 0.0188. The van der Waals surface area contributed by atoms with Gasteiger partial charge in [0.1, 0.15) is 18.4 Å². The molecule has 1 amide bonds. The van der Waals surface area contributed by atoms with Gasteiger partial charge in [0.25, 0.3) is 12.3 Å². The van der Waals surface area contributed by atoms with Gasteiger partial charge in [-0.05, 0) is 24.6 Å². The van der Waals surface area contributed by atoms with Crippen molar-refractivity contribution in [3.63, 3.8) is 0 Å². The second kappa shape index (κ2) is 8.75. The Morgan fingerprint density at radius 1 is 1.38 bits per heavy atom. The summed E-state index contributed by atoms with van der Waals surface area (Å²) < 4.78 is 30.7. The molecule has 0 aliphatic heterocycles. The topological polar surface area (TPSA) is 92.8 Å². The lowest BCUT2D eigenvalue weighted by Crippen LogP contribution is -2.28. The number of hydrogen-bond donors (Lipinski definition) is 1.